The maximum atomic E-state index is 5.83. The number of pyridine rings is 1. The Morgan fingerprint density at radius 3 is 2.86 bits per heavy atom. The maximum Gasteiger partial charge on any atom is 0.129 e. The Morgan fingerprint density at radius 2 is 2.10 bits per heavy atom. The lowest BCUT2D eigenvalue weighted by molar-refractivity contribution is 0.783. The van der Waals surface area contributed by atoms with Crippen molar-refractivity contribution in [2.45, 2.75) is 25.4 Å². The minimum absolute atomic E-state index is 0.642. The van der Waals surface area contributed by atoms with Gasteiger partial charge in [0.2, 0.25) is 0 Å². The predicted molar refractivity (Wildman–Crippen MR) is 89.7 cm³/mol. The average molecular weight is 295 g/mol. The molecule has 106 valence electrons. The number of hydrogen-bond donors (Lipinski definition) is 1. The molecule has 0 unspecified atom stereocenters. The first-order valence-corrected chi connectivity index (χ1v) is 8.18. The summed E-state index contributed by atoms with van der Waals surface area (Å²) >= 11 is 1.75. The predicted octanol–water partition coefficient (Wildman–Crippen LogP) is 4.05. The first-order chi connectivity index (χ1) is 10.3. The molecule has 1 saturated carbocycles. The summed E-state index contributed by atoms with van der Waals surface area (Å²) in [5.41, 5.74) is 9.00. The van der Waals surface area contributed by atoms with Crippen LogP contribution in [0.2, 0.25) is 0 Å². The van der Waals surface area contributed by atoms with E-state index in [9.17, 15) is 0 Å². The highest BCUT2D eigenvalue weighted by atomic mass is 32.1. The van der Waals surface area contributed by atoms with Crippen molar-refractivity contribution in [3.05, 3.63) is 52.7 Å². The molecule has 1 aliphatic carbocycles. The molecule has 1 aromatic carbocycles. The second-order valence-electron chi connectivity index (χ2n) is 5.61. The molecule has 3 nitrogen and oxygen atoms in total. The van der Waals surface area contributed by atoms with Crippen LogP contribution < -0.4 is 10.6 Å². The molecule has 0 bridgehead atoms. The van der Waals surface area contributed by atoms with Crippen LogP contribution in [-0.4, -0.2) is 11.0 Å². The Labute approximate surface area is 128 Å². The molecule has 1 fully saturated rings. The summed E-state index contributed by atoms with van der Waals surface area (Å²) in [5.74, 6) is 1.07. The molecule has 1 aliphatic rings. The molecule has 2 heterocycles. The minimum atomic E-state index is 0.642. The molecule has 4 rings (SSSR count). The standard InChI is InChI=1S/C17H17N3S/c18-14-2-5-16-13(9-14)1-6-17(19-16)20(15-3-4-15)10-12-7-8-21-11-12/h1-2,5-9,11,15H,3-4,10,18H2. The molecule has 2 aromatic heterocycles. The van der Waals surface area contributed by atoms with Gasteiger partial charge in [-0.25, -0.2) is 4.98 Å². The molecule has 0 radical (unpaired) electrons. The van der Waals surface area contributed by atoms with E-state index >= 15 is 0 Å². The van der Waals surface area contributed by atoms with E-state index in [1.807, 2.05) is 18.2 Å². The molecule has 0 atom stereocenters. The minimum Gasteiger partial charge on any atom is -0.399 e. The fourth-order valence-corrected chi connectivity index (χ4v) is 3.32. The fraction of sp³-hybridized carbons (Fsp3) is 0.235. The fourth-order valence-electron chi connectivity index (χ4n) is 2.66. The highest BCUT2D eigenvalue weighted by Gasteiger charge is 2.30. The van der Waals surface area contributed by atoms with Crippen molar-refractivity contribution in [1.29, 1.82) is 0 Å². The average Bonchev–Trinajstić information content (AvgIpc) is 3.21. The van der Waals surface area contributed by atoms with Gasteiger partial charge >= 0.3 is 0 Å². The largest absolute Gasteiger partial charge is 0.399 e. The second kappa shape index (κ2) is 5.04. The van der Waals surface area contributed by atoms with E-state index in [1.54, 1.807) is 11.3 Å². The smallest absolute Gasteiger partial charge is 0.129 e. The Hall–Kier alpha value is -2.07. The van der Waals surface area contributed by atoms with Crippen molar-refractivity contribution < 1.29 is 0 Å². The molecule has 2 N–H and O–H groups in total. The summed E-state index contributed by atoms with van der Waals surface area (Å²) in [6.45, 7) is 0.946. The van der Waals surface area contributed by atoms with E-state index in [0.29, 0.717) is 6.04 Å². The Morgan fingerprint density at radius 1 is 1.19 bits per heavy atom. The maximum absolute atomic E-state index is 5.83. The van der Waals surface area contributed by atoms with Crippen LogP contribution in [0.15, 0.2) is 47.2 Å². The number of hydrogen-bond acceptors (Lipinski definition) is 4. The van der Waals surface area contributed by atoms with Crippen LogP contribution >= 0.6 is 11.3 Å². The number of aromatic nitrogens is 1. The zero-order valence-electron chi connectivity index (χ0n) is 11.7. The van der Waals surface area contributed by atoms with Gasteiger partial charge in [-0.05, 0) is 65.6 Å². The summed E-state index contributed by atoms with van der Waals surface area (Å²) in [7, 11) is 0. The van der Waals surface area contributed by atoms with Crippen LogP contribution in [0.25, 0.3) is 10.9 Å². The molecule has 3 aromatic rings. The Bertz CT molecular complexity index is 763. The number of thiophene rings is 1. The quantitative estimate of drug-likeness (QED) is 0.738. The topological polar surface area (TPSA) is 42.1 Å². The normalized spacial score (nSPS) is 14.5. The number of nitrogens with zero attached hydrogens (tertiary/aromatic N) is 2. The molecular formula is C17H17N3S. The second-order valence-corrected chi connectivity index (χ2v) is 6.39. The zero-order chi connectivity index (χ0) is 14.2. The third kappa shape index (κ3) is 2.59. The van der Waals surface area contributed by atoms with Crippen LogP contribution in [0.5, 0.6) is 0 Å². The van der Waals surface area contributed by atoms with E-state index in [0.717, 1.165) is 29.0 Å². The molecular weight excluding hydrogens is 278 g/mol. The van der Waals surface area contributed by atoms with Gasteiger partial charge in [0.1, 0.15) is 5.82 Å². The van der Waals surface area contributed by atoms with Crippen molar-refractivity contribution in [2.24, 2.45) is 0 Å². The Kier molecular flexibility index (Phi) is 3.04. The van der Waals surface area contributed by atoms with Crippen LogP contribution in [0, 0.1) is 0 Å². The first kappa shape index (κ1) is 12.7. The van der Waals surface area contributed by atoms with Crippen LogP contribution in [0.3, 0.4) is 0 Å². The molecule has 0 aliphatic heterocycles. The highest BCUT2D eigenvalue weighted by molar-refractivity contribution is 7.07. The number of nitrogen functional groups attached to an aromatic ring is 1. The molecule has 0 saturated heterocycles. The number of nitrogens with two attached hydrogens (primary N) is 1. The summed E-state index contributed by atoms with van der Waals surface area (Å²) in [5, 5.41) is 5.46. The highest BCUT2D eigenvalue weighted by Crippen LogP contribution is 2.33. The number of rotatable bonds is 4. The van der Waals surface area contributed by atoms with Crippen molar-refractivity contribution in [2.75, 3.05) is 10.6 Å². The van der Waals surface area contributed by atoms with E-state index in [1.165, 1.54) is 18.4 Å². The van der Waals surface area contributed by atoms with Crippen LogP contribution in [0.4, 0.5) is 11.5 Å². The van der Waals surface area contributed by atoms with Gasteiger partial charge in [-0.3, -0.25) is 0 Å². The number of benzene rings is 1. The van der Waals surface area contributed by atoms with Gasteiger partial charge in [0.15, 0.2) is 0 Å². The van der Waals surface area contributed by atoms with Gasteiger partial charge in [0, 0.05) is 23.7 Å². The van der Waals surface area contributed by atoms with Crippen molar-refractivity contribution >= 4 is 33.7 Å². The molecule has 21 heavy (non-hydrogen) atoms. The van der Waals surface area contributed by atoms with Gasteiger partial charge in [-0.15, -0.1) is 0 Å². The van der Waals surface area contributed by atoms with E-state index in [2.05, 4.69) is 33.9 Å². The molecule has 0 spiro atoms. The lowest BCUT2D eigenvalue weighted by Crippen LogP contribution is -2.25. The van der Waals surface area contributed by atoms with Crippen molar-refractivity contribution in [3.8, 4) is 0 Å². The summed E-state index contributed by atoms with van der Waals surface area (Å²) in [6.07, 6.45) is 2.54. The van der Waals surface area contributed by atoms with Crippen molar-refractivity contribution in [3.63, 3.8) is 0 Å². The van der Waals surface area contributed by atoms with E-state index < -0.39 is 0 Å². The number of fused-ring (bicyclic) bond motifs is 1. The van der Waals surface area contributed by atoms with Gasteiger partial charge in [-0.2, -0.15) is 11.3 Å². The van der Waals surface area contributed by atoms with E-state index in [4.69, 9.17) is 10.7 Å². The lowest BCUT2D eigenvalue weighted by Gasteiger charge is -2.23. The lowest BCUT2D eigenvalue weighted by atomic mass is 10.2. The van der Waals surface area contributed by atoms with E-state index in [-0.39, 0.29) is 0 Å². The molecule has 4 heteroatoms. The number of anilines is 2. The third-order valence-corrected chi connectivity index (χ3v) is 4.65. The first-order valence-electron chi connectivity index (χ1n) is 7.23. The summed E-state index contributed by atoms with van der Waals surface area (Å²) < 4.78 is 0. The van der Waals surface area contributed by atoms with Gasteiger partial charge in [0.25, 0.3) is 0 Å². The van der Waals surface area contributed by atoms with Gasteiger partial charge < -0.3 is 10.6 Å². The van der Waals surface area contributed by atoms with Crippen LogP contribution in [0.1, 0.15) is 18.4 Å². The monoisotopic (exact) mass is 295 g/mol. The SMILES string of the molecule is Nc1ccc2nc(N(Cc3ccsc3)C3CC3)ccc2c1. The Balaban J connectivity index is 1.70. The van der Waals surface area contributed by atoms with Gasteiger partial charge in [0.05, 0.1) is 5.52 Å². The van der Waals surface area contributed by atoms with Gasteiger partial charge in [-0.1, -0.05) is 0 Å². The zero-order valence-corrected chi connectivity index (χ0v) is 12.5. The summed E-state index contributed by atoms with van der Waals surface area (Å²) in [4.78, 5) is 7.26. The summed E-state index contributed by atoms with van der Waals surface area (Å²) in [6, 6.07) is 13.0. The molecule has 0 amide bonds. The van der Waals surface area contributed by atoms with Crippen molar-refractivity contribution in [1.82, 2.24) is 4.98 Å². The van der Waals surface area contributed by atoms with Crippen LogP contribution in [-0.2, 0) is 6.54 Å². The third-order valence-electron chi connectivity index (χ3n) is 3.91.